The van der Waals surface area contributed by atoms with Crippen LogP contribution in [0.3, 0.4) is 0 Å². The topological polar surface area (TPSA) is 44.1 Å². The Labute approximate surface area is 150 Å². The Morgan fingerprint density at radius 3 is 3.04 bits per heavy atom. The summed E-state index contributed by atoms with van der Waals surface area (Å²) in [6.45, 7) is 5.87. The van der Waals surface area contributed by atoms with Gasteiger partial charge in [0.2, 0.25) is 0 Å². The normalized spacial score (nSPS) is 23.8. The first-order valence-corrected chi connectivity index (χ1v) is 10.8. The number of aryl methyl sites for hydroxylation is 1. The highest BCUT2D eigenvalue weighted by Gasteiger charge is 2.26. The third-order valence-electron chi connectivity index (χ3n) is 5.06. The lowest BCUT2D eigenvalue weighted by Crippen LogP contribution is -2.29. The van der Waals surface area contributed by atoms with E-state index in [2.05, 4.69) is 13.8 Å². The molecule has 1 aliphatic heterocycles. The second kappa shape index (κ2) is 6.81. The van der Waals surface area contributed by atoms with Crippen LogP contribution in [0.5, 0.6) is 0 Å². The van der Waals surface area contributed by atoms with Gasteiger partial charge in [0, 0.05) is 11.5 Å². The number of ether oxygens (including phenoxy) is 1. The van der Waals surface area contributed by atoms with E-state index in [1.54, 1.807) is 23.1 Å². The van der Waals surface area contributed by atoms with E-state index in [0.29, 0.717) is 12.5 Å². The Hall–Kier alpha value is -0.850. The summed E-state index contributed by atoms with van der Waals surface area (Å²) < 4.78 is 7.66. The first-order valence-electron chi connectivity index (χ1n) is 8.96. The van der Waals surface area contributed by atoms with Crippen molar-refractivity contribution in [2.45, 2.75) is 63.8 Å². The average molecular weight is 365 g/mol. The highest BCUT2D eigenvalue weighted by atomic mass is 32.2. The van der Waals surface area contributed by atoms with Crippen molar-refractivity contribution in [3.05, 3.63) is 20.8 Å². The van der Waals surface area contributed by atoms with Crippen molar-refractivity contribution in [1.29, 1.82) is 0 Å². The predicted octanol–water partition coefficient (Wildman–Crippen LogP) is 3.87. The molecule has 0 radical (unpaired) electrons. The Morgan fingerprint density at radius 2 is 2.29 bits per heavy atom. The van der Waals surface area contributed by atoms with Crippen LogP contribution in [0.4, 0.5) is 0 Å². The number of nitrogens with zero attached hydrogens (tertiary/aromatic N) is 2. The number of hydrogen-bond donors (Lipinski definition) is 0. The minimum absolute atomic E-state index is 0.151. The fourth-order valence-electron chi connectivity index (χ4n) is 3.80. The molecule has 0 aromatic carbocycles. The van der Waals surface area contributed by atoms with Crippen LogP contribution in [0.1, 0.15) is 43.6 Å². The maximum Gasteiger partial charge on any atom is 0.263 e. The summed E-state index contributed by atoms with van der Waals surface area (Å²) in [6.07, 6.45) is 5.59. The maximum absolute atomic E-state index is 13.3. The van der Waals surface area contributed by atoms with Gasteiger partial charge in [0.1, 0.15) is 4.83 Å². The molecule has 1 aliphatic carbocycles. The highest BCUT2D eigenvalue weighted by Crippen LogP contribution is 2.36. The van der Waals surface area contributed by atoms with Crippen LogP contribution in [-0.4, -0.2) is 28.0 Å². The molecule has 2 aliphatic rings. The first kappa shape index (κ1) is 16.6. The summed E-state index contributed by atoms with van der Waals surface area (Å²) in [7, 11) is 0. The van der Waals surface area contributed by atoms with Crippen molar-refractivity contribution in [2.24, 2.45) is 5.92 Å². The summed E-state index contributed by atoms with van der Waals surface area (Å²) in [4.78, 5) is 20.5. The van der Waals surface area contributed by atoms with Crippen molar-refractivity contribution in [3.8, 4) is 0 Å². The highest BCUT2D eigenvalue weighted by molar-refractivity contribution is 7.99. The third-order valence-corrected chi connectivity index (χ3v) is 7.07. The second-order valence-electron chi connectivity index (χ2n) is 6.91. The van der Waals surface area contributed by atoms with Crippen molar-refractivity contribution >= 4 is 33.3 Å². The summed E-state index contributed by atoms with van der Waals surface area (Å²) in [6, 6.07) is 0. The number of thiophene rings is 1. The van der Waals surface area contributed by atoms with E-state index >= 15 is 0 Å². The number of thioether (sulfide) groups is 1. The molecule has 0 bridgehead atoms. The Bertz CT molecular complexity index is 805. The number of fused-ring (bicyclic) bond motifs is 3. The lowest BCUT2D eigenvalue weighted by molar-refractivity contribution is 0.0937. The number of aromatic nitrogens is 2. The summed E-state index contributed by atoms with van der Waals surface area (Å²) >= 11 is 3.40. The largest absolute Gasteiger partial charge is 0.376 e. The van der Waals surface area contributed by atoms with Crippen LogP contribution in [0.25, 0.3) is 10.2 Å². The van der Waals surface area contributed by atoms with Crippen LogP contribution in [0.2, 0.25) is 0 Å². The third kappa shape index (κ3) is 2.93. The molecule has 4 nitrogen and oxygen atoms in total. The van der Waals surface area contributed by atoms with Crippen LogP contribution in [0, 0.1) is 5.92 Å². The molecule has 0 saturated carbocycles. The summed E-state index contributed by atoms with van der Waals surface area (Å²) in [5.41, 5.74) is 1.43. The first-order chi connectivity index (χ1) is 11.7. The van der Waals surface area contributed by atoms with Gasteiger partial charge in [-0.1, -0.05) is 25.6 Å². The molecular weight excluding hydrogens is 340 g/mol. The van der Waals surface area contributed by atoms with Gasteiger partial charge in [0.25, 0.3) is 5.56 Å². The molecular formula is C18H24N2O2S2. The standard InChI is InChI=1S/C18H24N2O2S2/c1-3-23-18-19-16-15(13-7-6-11(2)9-14(13)24-16)17(21)20(18)10-12-5-4-8-22-12/h11-12H,3-10H2,1-2H3. The fourth-order valence-corrected chi connectivity index (χ4v) is 5.96. The minimum Gasteiger partial charge on any atom is -0.376 e. The molecule has 24 heavy (non-hydrogen) atoms. The van der Waals surface area contributed by atoms with E-state index in [4.69, 9.17) is 9.72 Å². The SMILES string of the molecule is CCSc1nc2sc3c(c2c(=O)n1CC1CCCO1)CCC(C)C3. The van der Waals surface area contributed by atoms with E-state index in [1.165, 1.54) is 16.9 Å². The predicted molar refractivity (Wildman–Crippen MR) is 100 cm³/mol. The lowest BCUT2D eigenvalue weighted by Gasteiger charge is -2.18. The quantitative estimate of drug-likeness (QED) is 0.610. The Balaban J connectivity index is 1.84. The van der Waals surface area contributed by atoms with Gasteiger partial charge in [-0.2, -0.15) is 0 Å². The molecule has 3 heterocycles. The van der Waals surface area contributed by atoms with E-state index in [9.17, 15) is 4.79 Å². The molecule has 2 aromatic heterocycles. The average Bonchev–Trinajstić information content (AvgIpc) is 3.17. The van der Waals surface area contributed by atoms with Crippen molar-refractivity contribution in [2.75, 3.05) is 12.4 Å². The van der Waals surface area contributed by atoms with Gasteiger partial charge in [-0.3, -0.25) is 9.36 Å². The van der Waals surface area contributed by atoms with Crippen LogP contribution < -0.4 is 5.56 Å². The molecule has 130 valence electrons. The zero-order valence-corrected chi connectivity index (χ0v) is 16.0. The van der Waals surface area contributed by atoms with E-state index in [-0.39, 0.29) is 11.7 Å². The van der Waals surface area contributed by atoms with Crippen LogP contribution >= 0.6 is 23.1 Å². The van der Waals surface area contributed by atoms with Crippen molar-refractivity contribution < 1.29 is 4.74 Å². The lowest BCUT2D eigenvalue weighted by atomic mass is 9.89. The van der Waals surface area contributed by atoms with Gasteiger partial charge in [-0.25, -0.2) is 4.98 Å². The van der Waals surface area contributed by atoms with Gasteiger partial charge < -0.3 is 4.74 Å². The summed E-state index contributed by atoms with van der Waals surface area (Å²) in [5.74, 6) is 1.63. The van der Waals surface area contributed by atoms with Crippen LogP contribution in [-0.2, 0) is 24.1 Å². The van der Waals surface area contributed by atoms with E-state index < -0.39 is 0 Å². The maximum atomic E-state index is 13.3. The fraction of sp³-hybridized carbons (Fsp3) is 0.667. The molecule has 4 rings (SSSR count). The van der Waals surface area contributed by atoms with Gasteiger partial charge in [-0.15, -0.1) is 11.3 Å². The van der Waals surface area contributed by atoms with Gasteiger partial charge >= 0.3 is 0 Å². The summed E-state index contributed by atoms with van der Waals surface area (Å²) in [5, 5.41) is 1.75. The Morgan fingerprint density at radius 1 is 1.42 bits per heavy atom. The number of hydrogen-bond acceptors (Lipinski definition) is 5. The molecule has 0 spiro atoms. The zero-order valence-electron chi connectivity index (χ0n) is 14.3. The molecule has 0 amide bonds. The molecule has 1 fully saturated rings. The molecule has 0 N–H and O–H groups in total. The molecule has 6 heteroatoms. The van der Waals surface area contributed by atoms with Gasteiger partial charge in [0.15, 0.2) is 5.16 Å². The minimum atomic E-state index is 0.151. The van der Waals surface area contributed by atoms with E-state index in [1.807, 2.05) is 4.57 Å². The van der Waals surface area contributed by atoms with Crippen molar-refractivity contribution in [3.63, 3.8) is 0 Å². The second-order valence-corrected chi connectivity index (χ2v) is 9.22. The van der Waals surface area contributed by atoms with Crippen LogP contribution in [0.15, 0.2) is 9.95 Å². The smallest absolute Gasteiger partial charge is 0.263 e. The van der Waals surface area contributed by atoms with Gasteiger partial charge in [-0.05, 0) is 49.3 Å². The van der Waals surface area contributed by atoms with Crippen molar-refractivity contribution in [1.82, 2.24) is 9.55 Å². The zero-order chi connectivity index (χ0) is 16.7. The molecule has 2 aromatic rings. The monoisotopic (exact) mass is 364 g/mol. The Kier molecular flexibility index (Phi) is 4.71. The van der Waals surface area contributed by atoms with Gasteiger partial charge in [0.05, 0.1) is 18.0 Å². The molecule has 2 atom stereocenters. The van der Waals surface area contributed by atoms with E-state index in [0.717, 1.165) is 53.4 Å². The molecule has 2 unspecified atom stereocenters. The molecule has 1 saturated heterocycles. The number of rotatable bonds is 4.